The minimum atomic E-state index is 0.156. The molecule has 1 atom stereocenters. The van der Waals surface area contributed by atoms with Gasteiger partial charge in [0, 0.05) is 5.41 Å². The smallest absolute Gasteiger partial charge is 0.00696 e. The van der Waals surface area contributed by atoms with E-state index in [2.05, 4.69) is 98.7 Å². The van der Waals surface area contributed by atoms with Gasteiger partial charge in [-0.2, -0.15) is 0 Å². The summed E-state index contributed by atoms with van der Waals surface area (Å²) < 4.78 is 0. The number of aryl methyl sites for hydroxylation is 2. The first kappa shape index (κ1) is 21.7. The number of allylic oxidation sites excluding steroid dienone is 6. The van der Waals surface area contributed by atoms with Crippen LogP contribution < -0.4 is 0 Å². The SMILES string of the molecule is CC1=C(C(C)(C)/C(C)=C\C=C\CC(C)(C)c2cc(C)ccc2C)C(C)CC1. The summed E-state index contributed by atoms with van der Waals surface area (Å²) in [5, 5.41) is 0. The fraction of sp³-hybridized carbons (Fsp3) is 0.556. The lowest BCUT2D eigenvalue weighted by atomic mass is 9.73. The third-order valence-corrected chi connectivity index (χ3v) is 6.80. The van der Waals surface area contributed by atoms with Crippen LogP contribution in [0.25, 0.3) is 0 Å². The molecule has 148 valence electrons. The Morgan fingerprint density at radius 2 is 1.78 bits per heavy atom. The Labute approximate surface area is 168 Å². The van der Waals surface area contributed by atoms with Gasteiger partial charge in [-0.1, -0.05) is 93.3 Å². The molecule has 1 aliphatic carbocycles. The lowest BCUT2D eigenvalue weighted by molar-refractivity contribution is 0.468. The van der Waals surface area contributed by atoms with E-state index in [0.29, 0.717) is 0 Å². The van der Waals surface area contributed by atoms with E-state index in [0.717, 1.165) is 12.3 Å². The Morgan fingerprint density at radius 3 is 2.37 bits per heavy atom. The molecule has 1 aliphatic rings. The van der Waals surface area contributed by atoms with Gasteiger partial charge in [-0.25, -0.2) is 0 Å². The fourth-order valence-corrected chi connectivity index (χ4v) is 4.85. The third kappa shape index (κ3) is 4.84. The lowest BCUT2D eigenvalue weighted by Crippen LogP contribution is -2.20. The Bertz CT molecular complexity index is 765. The van der Waals surface area contributed by atoms with Crippen LogP contribution in [0, 0.1) is 25.2 Å². The highest BCUT2D eigenvalue weighted by Gasteiger charge is 2.33. The molecule has 0 aliphatic heterocycles. The van der Waals surface area contributed by atoms with Crippen LogP contribution in [-0.2, 0) is 5.41 Å². The van der Waals surface area contributed by atoms with E-state index in [1.165, 1.54) is 35.1 Å². The van der Waals surface area contributed by atoms with Gasteiger partial charge in [0.1, 0.15) is 0 Å². The first-order valence-electron chi connectivity index (χ1n) is 10.6. The molecule has 0 nitrogen and oxygen atoms in total. The van der Waals surface area contributed by atoms with E-state index in [-0.39, 0.29) is 10.8 Å². The van der Waals surface area contributed by atoms with Crippen molar-refractivity contribution in [3.05, 3.63) is 69.8 Å². The Hall–Kier alpha value is -1.56. The van der Waals surface area contributed by atoms with Crippen molar-refractivity contribution in [3.8, 4) is 0 Å². The van der Waals surface area contributed by atoms with Crippen molar-refractivity contribution < 1.29 is 0 Å². The van der Waals surface area contributed by atoms with Crippen LogP contribution in [-0.4, -0.2) is 0 Å². The summed E-state index contributed by atoms with van der Waals surface area (Å²) in [4.78, 5) is 0. The second kappa shape index (κ2) is 8.21. The summed E-state index contributed by atoms with van der Waals surface area (Å²) in [5.74, 6) is 0.718. The zero-order chi connectivity index (χ0) is 20.4. The number of hydrogen-bond donors (Lipinski definition) is 0. The highest BCUT2D eigenvalue weighted by atomic mass is 14.4. The Balaban J connectivity index is 2.14. The van der Waals surface area contributed by atoms with Gasteiger partial charge in [0.15, 0.2) is 0 Å². The van der Waals surface area contributed by atoms with E-state index < -0.39 is 0 Å². The van der Waals surface area contributed by atoms with Crippen LogP contribution in [0.2, 0.25) is 0 Å². The van der Waals surface area contributed by atoms with E-state index in [4.69, 9.17) is 0 Å². The molecule has 2 rings (SSSR count). The monoisotopic (exact) mass is 364 g/mol. The Morgan fingerprint density at radius 1 is 1.11 bits per heavy atom. The van der Waals surface area contributed by atoms with Gasteiger partial charge in [0.25, 0.3) is 0 Å². The van der Waals surface area contributed by atoms with Crippen LogP contribution in [0.3, 0.4) is 0 Å². The van der Waals surface area contributed by atoms with E-state index in [1.807, 2.05) is 0 Å². The molecule has 0 heteroatoms. The predicted molar refractivity (Wildman–Crippen MR) is 121 cm³/mol. The Kier molecular flexibility index (Phi) is 6.61. The maximum Gasteiger partial charge on any atom is 0.00696 e. The molecule has 0 saturated heterocycles. The molecule has 1 aromatic rings. The van der Waals surface area contributed by atoms with Crippen molar-refractivity contribution in [1.82, 2.24) is 0 Å². The highest BCUT2D eigenvalue weighted by molar-refractivity contribution is 5.37. The van der Waals surface area contributed by atoms with Crippen LogP contribution in [0.1, 0.15) is 84.4 Å². The third-order valence-electron chi connectivity index (χ3n) is 6.80. The zero-order valence-electron chi connectivity index (χ0n) is 19.2. The molecule has 0 aromatic heterocycles. The molecule has 0 N–H and O–H groups in total. The van der Waals surface area contributed by atoms with Gasteiger partial charge < -0.3 is 0 Å². The average molecular weight is 365 g/mol. The van der Waals surface area contributed by atoms with Crippen molar-refractivity contribution in [3.63, 3.8) is 0 Å². The molecule has 0 fully saturated rings. The van der Waals surface area contributed by atoms with Crippen LogP contribution in [0.5, 0.6) is 0 Å². The summed E-state index contributed by atoms with van der Waals surface area (Å²) >= 11 is 0. The normalized spacial score (nSPS) is 19.4. The molecule has 0 radical (unpaired) electrons. The van der Waals surface area contributed by atoms with Crippen molar-refractivity contribution >= 4 is 0 Å². The summed E-state index contributed by atoms with van der Waals surface area (Å²) in [7, 11) is 0. The number of hydrogen-bond acceptors (Lipinski definition) is 0. The van der Waals surface area contributed by atoms with Crippen LogP contribution >= 0.6 is 0 Å². The summed E-state index contributed by atoms with van der Waals surface area (Å²) in [6, 6.07) is 6.81. The molecular formula is C27H40. The van der Waals surface area contributed by atoms with E-state index >= 15 is 0 Å². The molecule has 0 bridgehead atoms. The molecule has 0 saturated carbocycles. The first-order valence-corrected chi connectivity index (χ1v) is 10.6. The van der Waals surface area contributed by atoms with Crippen LogP contribution in [0.4, 0.5) is 0 Å². The minimum absolute atomic E-state index is 0.156. The largest absolute Gasteiger partial charge is 0.0837 e. The molecular weight excluding hydrogens is 324 g/mol. The van der Waals surface area contributed by atoms with Gasteiger partial charge in [0.05, 0.1) is 0 Å². The summed E-state index contributed by atoms with van der Waals surface area (Å²) in [6.07, 6.45) is 10.6. The quantitative estimate of drug-likeness (QED) is 0.352. The van der Waals surface area contributed by atoms with Gasteiger partial charge in [0.2, 0.25) is 0 Å². The van der Waals surface area contributed by atoms with Crippen molar-refractivity contribution in [2.45, 2.75) is 87.0 Å². The van der Waals surface area contributed by atoms with E-state index in [9.17, 15) is 0 Å². The summed E-state index contributed by atoms with van der Waals surface area (Å²) in [6.45, 7) is 20.9. The van der Waals surface area contributed by atoms with Gasteiger partial charge in [-0.3, -0.25) is 0 Å². The van der Waals surface area contributed by atoms with E-state index in [1.54, 1.807) is 11.1 Å². The maximum absolute atomic E-state index is 2.40. The molecule has 0 amide bonds. The molecule has 1 unspecified atom stereocenters. The minimum Gasteiger partial charge on any atom is -0.0837 e. The second-order valence-electron chi connectivity index (χ2n) is 9.94. The molecule has 0 heterocycles. The lowest BCUT2D eigenvalue weighted by Gasteiger charge is -2.32. The standard InChI is InChI=1S/C27H40/c1-19-13-14-20(2)24(18-19)26(6,7)17-11-10-12-23(5)27(8,9)25-21(3)15-16-22(25)4/h10-14,18,21H,15-17H2,1-9H3/b11-10+,23-12-. The molecule has 1 aromatic carbocycles. The topological polar surface area (TPSA) is 0 Å². The zero-order valence-corrected chi connectivity index (χ0v) is 19.2. The second-order valence-corrected chi connectivity index (χ2v) is 9.94. The van der Waals surface area contributed by atoms with Gasteiger partial charge in [-0.05, 0) is 69.4 Å². The van der Waals surface area contributed by atoms with Crippen LogP contribution in [0.15, 0.2) is 53.1 Å². The van der Waals surface area contributed by atoms with Crippen molar-refractivity contribution in [1.29, 1.82) is 0 Å². The summed E-state index contributed by atoms with van der Waals surface area (Å²) in [5.41, 5.74) is 9.26. The fourth-order valence-electron chi connectivity index (χ4n) is 4.85. The van der Waals surface area contributed by atoms with Gasteiger partial charge in [-0.15, -0.1) is 0 Å². The van der Waals surface area contributed by atoms with Crippen molar-refractivity contribution in [2.24, 2.45) is 11.3 Å². The number of benzene rings is 1. The maximum atomic E-state index is 2.40. The molecule has 0 spiro atoms. The average Bonchev–Trinajstić information content (AvgIpc) is 2.92. The molecule has 27 heavy (non-hydrogen) atoms. The highest BCUT2D eigenvalue weighted by Crippen LogP contribution is 2.46. The predicted octanol–water partition coefficient (Wildman–Crippen LogP) is 8.25. The first-order chi connectivity index (χ1) is 12.5. The van der Waals surface area contributed by atoms with Crippen molar-refractivity contribution in [2.75, 3.05) is 0 Å². The number of rotatable bonds is 6. The van der Waals surface area contributed by atoms with Gasteiger partial charge >= 0.3 is 0 Å².